The minimum atomic E-state index is -0.383. The highest BCUT2D eigenvalue weighted by molar-refractivity contribution is 6.30. The van der Waals surface area contributed by atoms with Crippen LogP contribution in [-0.2, 0) is 0 Å². The molecule has 0 radical (unpaired) electrons. The fourth-order valence-corrected chi connectivity index (χ4v) is 2.85. The number of benzene rings is 2. The van der Waals surface area contributed by atoms with Gasteiger partial charge in [-0.15, -0.1) is 0 Å². The van der Waals surface area contributed by atoms with Crippen molar-refractivity contribution in [3.8, 4) is 11.5 Å². The third-order valence-electron chi connectivity index (χ3n) is 4.24. The van der Waals surface area contributed by atoms with E-state index in [0.29, 0.717) is 17.4 Å². The SMILES string of the molecule is Cc1cc(C(CCOc2ccc(Cl)cc2)N(C)C)ccc1OC(=O)N(C)C. The van der Waals surface area contributed by atoms with Crippen LogP contribution in [0, 0.1) is 6.92 Å². The molecule has 0 heterocycles. The van der Waals surface area contributed by atoms with Gasteiger partial charge in [0.25, 0.3) is 0 Å². The van der Waals surface area contributed by atoms with E-state index in [9.17, 15) is 4.79 Å². The average Bonchev–Trinajstić information content (AvgIpc) is 2.61. The first-order valence-electron chi connectivity index (χ1n) is 8.82. The number of hydrogen-bond acceptors (Lipinski definition) is 4. The number of halogens is 1. The van der Waals surface area contributed by atoms with Crippen molar-refractivity contribution < 1.29 is 14.3 Å². The summed E-state index contributed by atoms with van der Waals surface area (Å²) in [6, 6.07) is 13.5. The van der Waals surface area contributed by atoms with Crippen LogP contribution in [-0.4, -0.2) is 50.7 Å². The van der Waals surface area contributed by atoms with Crippen molar-refractivity contribution in [2.45, 2.75) is 19.4 Å². The van der Waals surface area contributed by atoms with Crippen molar-refractivity contribution in [3.05, 3.63) is 58.6 Å². The molecule has 0 N–H and O–H groups in total. The van der Waals surface area contributed by atoms with Crippen LogP contribution in [0.2, 0.25) is 5.02 Å². The summed E-state index contributed by atoms with van der Waals surface area (Å²) in [5.74, 6) is 1.38. The smallest absolute Gasteiger partial charge is 0.414 e. The van der Waals surface area contributed by atoms with Crippen molar-refractivity contribution in [2.75, 3.05) is 34.8 Å². The van der Waals surface area contributed by atoms with Crippen LogP contribution < -0.4 is 9.47 Å². The normalized spacial score (nSPS) is 12.0. The van der Waals surface area contributed by atoms with Gasteiger partial charge in [-0.2, -0.15) is 0 Å². The summed E-state index contributed by atoms with van der Waals surface area (Å²) in [4.78, 5) is 15.3. The van der Waals surface area contributed by atoms with Crippen molar-refractivity contribution in [1.82, 2.24) is 9.80 Å². The van der Waals surface area contributed by atoms with Crippen LogP contribution in [0.15, 0.2) is 42.5 Å². The van der Waals surface area contributed by atoms with Crippen LogP contribution in [0.3, 0.4) is 0 Å². The Hall–Kier alpha value is -2.24. The monoisotopic (exact) mass is 390 g/mol. The Kier molecular flexibility index (Phi) is 7.51. The maximum Gasteiger partial charge on any atom is 0.414 e. The topological polar surface area (TPSA) is 42.0 Å². The van der Waals surface area contributed by atoms with Gasteiger partial charge in [0.2, 0.25) is 0 Å². The minimum absolute atomic E-state index is 0.189. The van der Waals surface area contributed by atoms with E-state index in [1.807, 2.05) is 57.4 Å². The molecule has 1 atom stereocenters. The zero-order valence-electron chi connectivity index (χ0n) is 16.5. The van der Waals surface area contributed by atoms with Gasteiger partial charge in [-0.25, -0.2) is 4.79 Å². The Morgan fingerprint density at radius 2 is 1.74 bits per heavy atom. The molecule has 2 rings (SSSR count). The Bertz CT molecular complexity index is 761. The molecule has 27 heavy (non-hydrogen) atoms. The molecule has 0 aromatic heterocycles. The molecule has 146 valence electrons. The van der Waals surface area contributed by atoms with Crippen LogP contribution in [0.1, 0.15) is 23.6 Å². The molecule has 2 aromatic rings. The Labute approximate surface area is 166 Å². The number of rotatable bonds is 7. The lowest BCUT2D eigenvalue weighted by molar-refractivity contribution is 0.171. The van der Waals surface area contributed by atoms with Gasteiger partial charge < -0.3 is 19.3 Å². The van der Waals surface area contributed by atoms with E-state index in [4.69, 9.17) is 21.1 Å². The number of nitrogens with zero attached hydrogens (tertiary/aromatic N) is 2. The van der Waals surface area contributed by atoms with E-state index in [1.165, 1.54) is 4.90 Å². The fraction of sp³-hybridized carbons (Fsp3) is 0.381. The third kappa shape index (κ3) is 6.15. The van der Waals surface area contributed by atoms with Crippen LogP contribution in [0.5, 0.6) is 11.5 Å². The van der Waals surface area contributed by atoms with Gasteiger partial charge in [-0.05, 0) is 62.5 Å². The molecule has 0 spiro atoms. The summed E-state index contributed by atoms with van der Waals surface area (Å²) in [5, 5.41) is 0.694. The van der Waals surface area contributed by atoms with Gasteiger partial charge in [-0.1, -0.05) is 23.7 Å². The zero-order chi connectivity index (χ0) is 20.0. The Morgan fingerprint density at radius 1 is 1.07 bits per heavy atom. The lowest BCUT2D eigenvalue weighted by Crippen LogP contribution is -2.25. The Morgan fingerprint density at radius 3 is 2.30 bits per heavy atom. The first kappa shape index (κ1) is 21.1. The van der Waals surface area contributed by atoms with E-state index in [-0.39, 0.29) is 12.1 Å². The maximum atomic E-state index is 11.8. The highest BCUT2D eigenvalue weighted by Crippen LogP contribution is 2.28. The maximum absolute atomic E-state index is 11.8. The number of ether oxygens (including phenoxy) is 2. The number of aryl methyl sites for hydroxylation is 1. The van der Waals surface area contributed by atoms with Crippen molar-refractivity contribution in [1.29, 1.82) is 0 Å². The molecule has 5 nitrogen and oxygen atoms in total. The molecular weight excluding hydrogens is 364 g/mol. The van der Waals surface area contributed by atoms with E-state index >= 15 is 0 Å². The van der Waals surface area contributed by atoms with E-state index < -0.39 is 0 Å². The predicted octanol–water partition coefficient (Wildman–Crippen LogP) is 4.78. The summed E-state index contributed by atoms with van der Waals surface area (Å²) >= 11 is 5.90. The van der Waals surface area contributed by atoms with E-state index in [0.717, 1.165) is 23.3 Å². The van der Waals surface area contributed by atoms with E-state index in [1.54, 1.807) is 14.1 Å². The molecule has 0 aliphatic heterocycles. The highest BCUT2D eigenvalue weighted by atomic mass is 35.5. The average molecular weight is 391 g/mol. The summed E-state index contributed by atoms with van der Waals surface area (Å²) in [6.45, 7) is 2.53. The molecule has 0 saturated heterocycles. The fourth-order valence-electron chi connectivity index (χ4n) is 2.72. The first-order chi connectivity index (χ1) is 12.8. The Balaban J connectivity index is 2.03. The molecule has 0 aliphatic rings. The summed E-state index contributed by atoms with van der Waals surface area (Å²) in [5.41, 5.74) is 2.08. The molecule has 6 heteroatoms. The number of carbonyl (C=O) groups is 1. The summed E-state index contributed by atoms with van der Waals surface area (Å²) in [6.07, 6.45) is 0.442. The van der Waals surface area contributed by atoms with Gasteiger partial charge >= 0.3 is 6.09 Å². The predicted molar refractivity (Wildman–Crippen MR) is 109 cm³/mol. The molecule has 1 amide bonds. The van der Waals surface area contributed by atoms with Gasteiger partial charge in [0.1, 0.15) is 11.5 Å². The van der Waals surface area contributed by atoms with Crippen molar-refractivity contribution in [3.63, 3.8) is 0 Å². The van der Waals surface area contributed by atoms with Crippen molar-refractivity contribution in [2.24, 2.45) is 0 Å². The summed E-state index contributed by atoms with van der Waals surface area (Å²) < 4.78 is 11.2. The standard InChI is InChI=1S/C21H27ClN2O3/c1-15-14-16(6-11-20(15)27-21(25)24(4)5)19(23(2)3)12-13-26-18-9-7-17(22)8-10-18/h6-11,14,19H,12-13H2,1-5H3. The second kappa shape index (κ2) is 9.62. The molecule has 0 bridgehead atoms. The number of amides is 1. The minimum Gasteiger partial charge on any atom is -0.494 e. The zero-order valence-corrected chi connectivity index (χ0v) is 17.3. The molecule has 0 saturated carbocycles. The molecule has 0 fully saturated rings. The van der Waals surface area contributed by atoms with Gasteiger partial charge in [-0.3, -0.25) is 0 Å². The molecular formula is C21H27ClN2O3. The van der Waals surface area contributed by atoms with Crippen LogP contribution in [0.4, 0.5) is 4.79 Å². The highest BCUT2D eigenvalue weighted by Gasteiger charge is 2.17. The summed E-state index contributed by atoms with van der Waals surface area (Å²) in [7, 11) is 7.41. The number of hydrogen-bond donors (Lipinski definition) is 0. The van der Waals surface area contributed by atoms with Crippen molar-refractivity contribution >= 4 is 17.7 Å². The molecule has 0 aliphatic carbocycles. The van der Waals surface area contributed by atoms with Gasteiger partial charge in [0.15, 0.2) is 0 Å². The lowest BCUT2D eigenvalue weighted by atomic mass is 10.0. The second-order valence-electron chi connectivity index (χ2n) is 6.86. The third-order valence-corrected chi connectivity index (χ3v) is 4.50. The van der Waals surface area contributed by atoms with Gasteiger partial charge in [0.05, 0.1) is 6.61 Å². The van der Waals surface area contributed by atoms with Crippen LogP contribution >= 0.6 is 11.6 Å². The first-order valence-corrected chi connectivity index (χ1v) is 9.20. The molecule has 2 aromatic carbocycles. The molecule has 1 unspecified atom stereocenters. The number of carbonyl (C=O) groups excluding carboxylic acids is 1. The largest absolute Gasteiger partial charge is 0.494 e. The lowest BCUT2D eigenvalue weighted by Gasteiger charge is -2.25. The second-order valence-corrected chi connectivity index (χ2v) is 7.29. The van der Waals surface area contributed by atoms with E-state index in [2.05, 4.69) is 11.0 Å². The van der Waals surface area contributed by atoms with Gasteiger partial charge in [0, 0.05) is 31.6 Å². The quantitative estimate of drug-likeness (QED) is 0.682. The van der Waals surface area contributed by atoms with Crippen LogP contribution in [0.25, 0.3) is 0 Å².